The molecule has 2 atom stereocenters. The third kappa shape index (κ3) is 1.97. The molecule has 2 fully saturated rings. The number of piperidine rings is 1. The van der Waals surface area contributed by atoms with Crippen LogP contribution in [0.5, 0.6) is 0 Å². The van der Waals surface area contributed by atoms with Crippen LogP contribution in [0.3, 0.4) is 0 Å². The molecule has 0 bridgehead atoms. The van der Waals surface area contributed by atoms with E-state index in [0.717, 1.165) is 0 Å². The Balaban J connectivity index is 1.68. The van der Waals surface area contributed by atoms with E-state index in [1.165, 1.54) is 0 Å². The Bertz CT molecular complexity index is 568. The van der Waals surface area contributed by atoms with Gasteiger partial charge in [-0.05, 0) is 25.5 Å². The normalized spacial score (nSPS) is 31.0. The number of hydrogen-bond donors (Lipinski definition) is 2. The van der Waals surface area contributed by atoms with E-state index in [9.17, 15) is 18.0 Å². The molecule has 1 aromatic heterocycles. The molecule has 0 spiro atoms. The zero-order valence-corrected chi connectivity index (χ0v) is 11.8. The average molecular weight is 301 g/mol. The minimum atomic E-state index is -4.22. The summed E-state index contributed by atoms with van der Waals surface area (Å²) < 4.78 is 41.3. The van der Waals surface area contributed by atoms with Crippen molar-refractivity contribution in [1.29, 1.82) is 0 Å². The fraction of sp³-hybridized carbons (Fsp3) is 0.643. The monoisotopic (exact) mass is 301 g/mol. The molecule has 2 N–H and O–H groups in total. The highest BCUT2D eigenvalue weighted by Crippen LogP contribution is 2.72. The predicted molar refractivity (Wildman–Crippen MR) is 70.8 cm³/mol. The summed E-state index contributed by atoms with van der Waals surface area (Å²) in [5.41, 5.74) is -2.04. The quantitative estimate of drug-likeness (QED) is 0.890. The number of hydrogen-bond acceptors (Lipinski definition) is 2. The van der Waals surface area contributed by atoms with E-state index in [2.05, 4.69) is 10.6 Å². The third-order valence-corrected chi connectivity index (χ3v) is 4.95. The van der Waals surface area contributed by atoms with Crippen LogP contribution in [-0.2, 0) is 6.54 Å². The molecule has 2 aliphatic rings. The lowest BCUT2D eigenvalue weighted by Crippen LogP contribution is -2.38. The number of amides is 1. The van der Waals surface area contributed by atoms with Crippen LogP contribution in [0, 0.1) is 10.8 Å². The predicted octanol–water partition coefficient (Wildman–Crippen LogP) is 1.78. The highest BCUT2D eigenvalue weighted by Gasteiger charge is 2.81. The number of aryl methyl sites for hydroxylation is 1. The van der Waals surface area contributed by atoms with Gasteiger partial charge in [-0.2, -0.15) is 13.2 Å². The van der Waals surface area contributed by atoms with Crippen LogP contribution in [0.2, 0.25) is 0 Å². The van der Waals surface area contributed by atoms with Gasteiger partial charge in [0, 0.05) is 37.8 Å². The van der Waals surface area contributed by atoms with E-state index in [4.69, 9.17) is 0 Å². The van der Waals surface area contributed by atoms with Crippen LogP contribution >= 0.6 is 0 Å². The van der Waals surface area contributed by atoms with Crippen LogP contribution in [0.1, 0.15) is 23.8 Å². The first-order valence-corrected chi connectivity index (χ1v) is 7.06. The Hall–Kier alpha value is -1.50. The van der Waals surface area contributed by atoms with E-state index in [1.54, 1.807) is 22.9 Å². The van der Waals surface area contributed by atoms with Gasteiger partial charge in [0.1, 0.15) is 5.69 Å². The molecule has 4 nitrogen and oxygen atoms in total. The molecule has 1 aromatic rings. The summed E-state index contributed by atoms with van der Waals surface area (Å²) in [6.45, 7) is 2.88. The number of aromatic nitrogens is 1. The minimum Gasteiger partial charge on any atom is -0.350 e. The molecule has 1 aliphatic heterocycles. The Morgan fingerprint density at radius 1 is 1.48 bits per heavy atom. The van der Waals surface area contributed by atoms with Gasteiger partial charge in [0.2, 0.25) is 0 Å². The van der Waals surface area contributed by atoms with Crippen LogP contribution in [0.15, 0.2) is 18.3 Å². The smallest absolute Gasteiger partial charge is 0.350 e. The van der Waals surface area contributed by atoms with Crippen molar-refractivity contribution in [3.05, 3.63) is 24.0 Å². The van der Waals surface area contributed by atoms with Crippen LogP contribution in [0.25, 0.3) is 0 Å². The lowest BCUT2D eigenvalue weighted by atomic mass is 9.95. The first-order chi connectivity index (χ1) is 9.85. The van der Waals surface area contributed by atoms with Gasteiger partial charge in [0.15, 0.2) is 0 Å². The molecular weight excluding hydrogens is 283 g/mol. The maximum Gasteiger partial charge on any atom is 0.396 e. The lowest BCUT2D eigenvalue weighted by Gasteiger charge is -2.21. The largest absolute Gasteiger partial charge is 0.396 e. The van der Waals surface area contributed by atoms with Gasteiger partial charge in [-0.1, -0.05) is 0 Å². The maximum absolute atomic E-state index is 13.2. The van der Waals surface area contributed by atoms with Gasteiger partial charge >= 0.3 is 6.18 Å². The van der Waals surface area contributed by atoms with Gasteiger partial charge < -0.3 is 15.2 Å². The fourth-order valence-electron chi connectivity index (χ4n) is 3.56. The first-order valence-electron chi connectivity index (χ1n) is 7.06. The number of nitrogens with zero attached hydrogens (tertiary/aromatic N) is 1. The van der Waals surface area contributed by atoms with Gasteiger partial charge in [-0.3, -0.25) is 4.79 Å². The summed E-state index contributed by atoms with van der Waals surface area (Å²) in [7, 11) is 0. The highest BCUT2D eigenvalue weighted by atomic mass is 19.4. The molecule has 1 saturated carbocycles. The van der Waals surface area contributed by atoms with Gasteiger partial charge in [0.25, 0.3) is 5.91 Å². The van der Waals surface area contributed by atoms with Gasteiger partial charge in [-0.15, -0.1) is 0 Å². The first kappa shape index (κ1) is 14.4. The van der Waals surface area contributed by atoms with Crippen molar-refractivity contribution in [3.8, 4) is 0 Å². The number of fused-ring (bicyclic) bond motifs is 1. The molecule has 7 heteroatoms. The molecule has 3 rings (SSSR count). The van der Waals surface area contributed by atoms with Crippen molar-refractivity contribution in [2.24, 2.45) is 10.8 Å². The molecular formula is C14H18F3N3O. The van der Waals surface area contributed by atoms with E-state index in [1.807, 2.05) is 6.92 Å². The number of nitrogens with one attached hydrogen (secondary N) is 2. The zero-order chi connectivity index (χ0) is 15.3. The van der Waals surface area contributed by atoms with Crippen molar-refractivity contribution in [2.45, 2.75) is 26.1 Å². The molecule has 1 saturated heterocycles. The molecule has 1 amide bonds. The third-order valence-electron chi connectivity index (χ3n) is 4.95. The molecule has 116 valence electrons. The van der Waals surface area contributed by atoms with E-state index >= 15 is 0 Å². The summed E-state index contributed by atoms with van der Waals surface area (Å²) in [6.07, 6.45) is -2.34. The number of halogens is 3. The second kappa shape index (κ2) is 4.50. The average Bonchev–Trinajstić information content (AvgIpc) is 2.80. The molecule has 1 aliphatic carbocycles. The minimum absolute atomic E-state index is 0.0439. The molecule has 0 aromatic carbocycles. The summed E-state index contributed by atoms with van der Waals surface area (Å²) in [5, 5.41) is 5.50. The summed E-state index contributed by atoms with van der Waals surface area (Å²) in [4.78, 5) is 12.1. The van der Waals surface area contributed by atoms with E-state index in [-0.39, 0.29) is 25.4 Å². The van der Waals surface area contributed by atoms with Crippen molar-refractivity contribution in [3.63, 3.8) is 0 Å². The second-order valence-electron chi connectivity index (χ2n) is 6.00. The molecule has 0 unspecified atom stereocenters. The number of alkyl halides is 3. The maximum atomic E-state index is 13.2. The molecule has 2 heterocycles. The summed E-state index contributed by atoms with van der Waals surface area (Å²) in [5.74, 6) is -0.314. The molecule has 21 heavy (non-hydrogen) atoms. The highest BCUT2D eigenvalue weighted by molar-refractivity contribution is 5.92. The Morgan fingerprint density at radius 3 is 2.86 bits per heavy atom. The van der Waals surface area contributed by atoms with E-state index < -0.39 is 17.0 Å². The Morgan fingerprint density at radius 2 is 2.24 bits per heavy atom. The topological polar surface area (TPSA) is 46.1 Å². The van der Waals surface area contributed by atoms with Crippen molar-refractivity contribution in [1.82, 2.24) is 15.2 Å². The standard InChI is InChI=1S/C14H18F3N3O/c1-2-20-5-3-4-10(20)11(21)19-8-12-6-13(12,9-18-7-12)14(15,16)17/h3-5,18H,2,6-9H2,1H3,(H,19,21)/t12-,13-/m1/s1. The zero-order valence-electron chi connectivity index (χ0n) is 11.8. The van der Waals surface area contributed by atoms with Crippen LogP contribution in [0.4, 0.5) is 13.2 Å². The lowest BCUT2D eigenvalue weighted by molar-refractivity contribution is -0.190. The summed E-state index contributed by atoms with van der Waals surface area (Å²) >= 11 is 0. The van der Waals surface area contributed by atoms with Crippen molar-refractivity contribution in [2.75, 3.05) is 19.6 Å². The second-order valence-corrected chi connectivity index (χ2v) is 6.00. The Kier molecular flexibility index (Phi) is 3.09. The van der Waals surface area contributed by atoms with Crippen molar-refractivity contribution < 1.29 is 18.0 Å². The number of carbonyl (C=O) groups excluding carboxylic acids is 1. The number of rotatable bonds is 4. The molecule has 0 radical (unpaired) electrons. The van der Waals surface area contributed by atoms with Crippen LogP contribution < -0.4 is 10.6 Å². The van der Waals surface area contributed by atoms with Gasteiger partial charge in [0.05, 0.1) is 5.41 Å². The van der Waals surface area contributed by atoms with E-state index in [0.29, 0.717) is 18.8 Å². The van der Waals surface area contributed by atoms with Crippen LogP contribution in [-0.4, -0.2) is 36.3 Å². The van der Waals surface area contributed by atoms with Crippen molar-refractivity contribution >= 4 is 5.91 Å². The van der Waals surface area contributed by atoms with Gasteiger partial charge in [-0.25, -0.2) is 0 Å². The SMILES string of the molecule is CCn1cccc1C(=O)NC[C@@]12CNC[C@]1(C(F)(F)F)C2. The summed E-state index contributed by atoms with van der Waals surface area (Å²) in [6, 6.07) is 3.43. The fourth-order valence-corrected chi connectivity index (χ4v) is 3.56. The Labute approximate surface area is 120 Å². The number of carbonyl (C=O) groups is 1.